The molecule has 2 rings (SSSR count). The third-order valence-corrected chi connectivity index (χ3v) is 4.51. The Kier molecular flexibility index (Phi) is 5.00. The van der Waals surface area contributed by atoms with Crippen molar-refractivity contribution in [3.05, 3.63) is 16.3 Å². The van der Waals surface area contributed by atoms with E-state index in [0.717, 1.165) is 30.6 Å². The van der Waals surface area contributed by atoms with Crippen molar-refractivity contribution < 1.29 is 19.4 Å². The molecule has 0 aromatic carbocycles. The van der Waals surface area contributed by atoms with Crippen LogP contribution in [-0.4, -0.2) is 29.6 Å². The molecule has 2 N–H and O–H groups in total. The van der Waals surface area contributed by atoms with E-state index in [1.165, 1.54) is 12.5 Å². The van der Waals surface area contributed by atoms with Gasteiger partial charge in [-0.2, -0.15) is 0 Å². The average Bonchev–Trinajstić information content (AvgIpc) is 2.88. The number of carbonyl (C=O) groups is 2. The van der Waals surface area contributed by atoms with Gasteiger partial charge < -0.3 is 15.2 Å². The van der Waals surface area contributed by atoms with E-state index in [4.69, 9.17) is 9.84 Å². The lowest BCUT2D eigenvalue weighted by Gasteiger charge is -2.29. The van der Waals surface area contributed by atoms with Crippen molar-refractivity contribution in [2.24, 2.45) is 5.92 Å². The first-order chi connectivity index (χ1) is 9.56. The highest BCUT2D eigenvalue weighted by atomic mass is 32.1. The van der Waals surface area contributed by atoms with Gasteiger partial charge in [-0.15, -0.1) is 11.3 Å². The maximum atomic E-state index is 11.8. The molecule has 2 unspecified atom stereocenters. The average molecular weight is 297 g/mol. The molecule has 1 fully saturated rings. The summed E-state index contributed by atoms with van der Waals surface area (Å²) in [6, 6.07) is 1.67. The first-order valence-electron chi connectivity index (χ1n) is 6.80. The van der Waals surface area contributed by atoms with E-state index in [0.29, 0.717) is 11.7 Å². The van der Waals surface area contributed by atoms with E-state index in [9.17, 15) is 9.59 Å². The van der Waals surface area contributed by atoms with Gasteiger partial charge in [0.1, 0.15) is 10.6 Å². The summed E-state index contributed by atoms with van der Waals surface area (Å²) >= 11 is 1.09. The molecule has 1 aromatic heterocycles. The number of carboxylic acids is 1. The normalized spacial score (nSPS) is 22.2. The van der Waals surface area contributed by atoms with E-state index >= 15 is 0 Å². The van der Waals surface area contributed by atoms with Crippen LogP contribution in [0.5, 0.6) is 5.75 Å². The van der Waals surface area contributed by atoms with Crippen LogP contribution >= 0.6 is 11.3 Å². The Morgan fingerprint density at radius 2 is 2.20 bits per heavy atom. The second-order valence-electron chi connectivity index (χ2n) is 5.18. The maximum Gasteiger partial charge on any atom is 0.346 e. The van der Waals surface area contributed by atoms with Crippen molar-refractivity contribution in [2.75, 3.05) is 6.61 Å². The predicted molar refractivity (Wildman–Crippen MR) is 76.3 cm³/mol. The monoisotopic (exact) mass is 297 g/mol. The maximum absolute atomic E-state index is 11.8. The van der Waals surface area contributed by atoms with Gasteiger partial charge in [0.2, 0.25) is 0 Å². The van der Waals surface area contributed by atoms with Crippen LogP contribution in [0.4, 0.5) is 0 Å². The molecular weight excluding hydrogens is 278 g/mol. The molecule has 1 aromatic rings. The second kappa shape index (κ2) is 6.74. The Hall–Kier alpha value is -1.56. The largest absolute Gasteiger partial charge is 0.483 e. The van der Waals surface area contributed by atoms with Crippen LogP contribution in [0, 0.1) is 5.92 Å². The fraction of sp³-hybridized carbons (Fsp3) is 0.571. The molecule has 5 nitrogen and oxygen atoms in total. The molecule has 1 aliphatic rings. The van der Waals surface area contributed by atoms with Crippen LogP contribution in [0.2, 0.25) is 0 Å². The van der Waals surface area contributed by atoms with Crippen molar-refractivity contribution in [1.29, 1.82) is 0 Å². The van der Waals surface area contributed by atoms with Crippen LogP contribution in [0.1, 0.15) is 42.3 Å². The molecule has 1 amide bonds. The lowest BCUT2D eigenvalue weighted by molar-refractivity contribution is -0.124. The number of thiophene rings is 1. The highest BCUT2D eigenvalue weighted by Crippen LogP contribution is 2.24. The number of carboxylic acid groups (broad SMARTS) is 1. The van der Waals surface area contributed by atoms with Gasteiger partial charge in [-0.25, -0.2) is 4.79 Å². The molecule has 0 radical (unpaired) electrons. The molecule has 0 spiro atoms. The van der Waals surface area contributed by atoms with Crippen molar-refractivity contribution in [3.8, 4) is 5.75 Å². The Balaban J connectivity index is 1.78. The second-order valence-corrected chi connectivity index (χ2v) is 6.09. The van der Waals surface area contributed by atoms with Gasteiger partial charge >= 0.3 is 5.97 Å². The number of hydrogen-bond acceptors (Lipinski definition) is 4. The number of ether oxygens (including phenoxy) is 1. The molecule has 0 aliphatic heterocycles. The lowest BCUT2D eigenvalue weighted by Crippen LogP contribution is -2.43. The fourth-order valence-corrected chi connectivity index (χ4v) is 3.10. The topological polar surface area (TPSA) is 75.6 Å². The minimum absolute atomic E-state index is 0.0704. The van der Waals surface area contributed by atoms with E-state index in [1.54, 1.807) is 5.38 Å². The SMILES string of the molecule is CC1CCCCC1NC(=O)COc1csc(C(=O)O)c1. The molecular formula is C14H19NO4S. The van der Waals surface area contributed by atoms with Gasteiger partial charge in [-0.3, -0.25) is 4.79 Å². The number of nitrogens with one attached hydrogen (secondary N) is 1. The highest BCUT2D eigenvalue weighted by Gasteiger charge is 2.22. The zero-order valence-electron chi connectivity index (χ0n) is 11.4. The minimum Gasteiger partial charge on any atom is -0.483 e. The molecule has 6 heteroatoms. The summed E-state index contributed by atoms with van der Waals surface area (Å²) < 4.78 is 5.31. The van der Waals surface area contributed by atoms with E-state index in [1.807, 2.05) is 0 Å². The van der Waals surface area contributed by atoms with Crippen molar-refractivity contribution in [3.63, 3.8) is 0 Å². The zero-order chi connectivity index (χ0) is 14.5. The minimum atomic E-state index is -0.981. The van der Waals surface area contributed by atoms with Gasteiger partial charge in [0.25, 0.3) is 5.91 Å². The van der Waals surface area contributed by atoms with Gasteiger partial charge in [-0.1, -0.05) is 19.8 Å². The van der Waals surface area contributed by atoms with Crippen LogP contribution in [-0.2, 0) is 4.79 Å². The predicted octanol–water partition coefficient (Wildman–Crippen LogP) is 2.52. The molecule has 2 atom stereocenters. The molecule has 110 valence electrons. The van der Waals surface area contributed by atoms with Gasteiger partial charge in [0.15, 0.2) is 6.61 Å². The lowest BCUT2D eigenvalue weighted by atomic mass is 9.86. The Morgan fingerprint density at radius 1 is 1.45 bits per heavy atom. The molecule has 0 saturated heterocycles. The van der Waals surface area contributed by atoms with Crippen molar-refractivity contribution in [2.45, 2.75) is 38.6 Å². The van der Waals surface area contributed by atoms with Gasteiger partial charge in [0, 0.05) is 17.5 Å². The van der Waals surface area contributed by atoms with Crippen LogP contribution in [0.25, 0.3) is 0 Å². The van der Waals surface area contributed by atoms with E-state index < -0.39 is 5.97 Å². The van der Waals surface area contributed by atoms with Crippen LogP contribution in [0.3, 0.4) is 0 Å². The summed E-state index contributed by atoms with van der Waals surface area (Å²) in [5.74, 6) is -0.191. The van der Waals surface area contributed by atoms with Crippen LogP contribution < -0.4 is 10.1 Å². The standard InChI is InChI=1S/C14H19NO4S/c1-9-4-2-3-5-11(9)15-13(16)7-19-10-6-12(14(17)18)20-8-10/h6,8-9,11H,2-5,7H2,1H3,(H,15,16)(H,17,18). The van der Waals surface area contributed by atoms with Gasteiger partial charge in [0.05, 0.1) is 0 Å². The van der Waals surface area contributed by atoms with Crippen molar-refractivity contribution >= 4 is 23.2 Å². The molecule has 0 bridgehead atoms. The Bertz CT molecular complexity index is 485. The molecule has 20 heavy (non-hydrogen) atoms. The smallest absolute Gasteiger partial charge is 0.346 e. The number of carbonyl (C=O) groups excluding carboxylic acids is 1. The summed E-state index contributed by atoms with van der Waals surface area (Å²) in [5, 5.41) is 13.4. The first-order valence-corrected chi connectivity index (χ1v) is 7.68. The van der Waals surface area contributed by atoms with E-state index in [2.05, 4.69) is 12.2 Å². The summed E-state index contributed by atoms with van der Waals surface area (Å²) in [4.78, 5) is 22.8. The zero-order valence-corrected chi connectivity index (χ0v) is 12.2. The number of rotatable bonds is 5. The molecule has 1 aliphatic carbocycles. The summed E-state index contributed by atoms with van der Waals surface area (Å²) in [7, 11) is 0. The molecule has 1 saturated carbocycles. The fourth-order valence-electron chi connectivity index (χ4n) is 2.43. The highest BCUT2D eigenvalue weighted by molar-refractivity contribution is 7.12. The summed E-state index contributed by atoms with van der Waals surface area (Å²) in [5.41, 5.74) is 0. The van der Waals surface area contributed by atoms with Gasteiger partial charge in [-0.05, 0) is 18.8 Å². The van der Waals surface area contributed by atoms with E-state index in [-0.39, 0.29) is 23.4 Å². The quantitative estimate of drug-likeness (QED) is 0.875. The summed E-state index contributed by atoms with van der Waals surface area (Å²) in [6.07, 6.45) is 4.56. The number of amides is 1. The summed E-state index contributed by atoms with van der Waals surface area (Å²) in [6.45, 7) is 2.09. The number of hydrogen-bond donors (Lipinski definition) is 2. The number of aromatic carboxylic acids is 1. The van der Waals surface area contributed by atoms with Crippen LogP contribution in [0.15, 0.2) is 11.4 Å². The Labute approximate surface area is 121 Å². The third-order valence-electron chi connectivity index (χ3n) is 3.61. The third kappa shape index (κ3) is 3.96. The molecule has 1 heterocycles. The Morgan fingerprint density at radius 3 is 2.85 bits per heavy atom. The van der Waals surface area contributed by atoms with Crippen molar-refractivity contribution in [1.82, 2.24) is 5.32 Å². The first kappa shape index (κ1) is 14.8.